The average Bonchev–Trinajstić information content (AvgIpc) is 2.94. The van der Waals surface area contributed by atoms with Gasteiger partial charge in [-0.25, -0.2) is 0 Å². The number of carbonyl (C=O) groups is 1. The van der Waals surface area contributed by atoms with Crippen molar-refractivity contribution in [1.82, 2.24) is 0 Å². The number of hydrogen-bond donors (Lipinski definition) is 2. The Balaban J connectivity index is 1.70. The van der Waals surface area contributed by atoms with E-state index in [2.05, 4.69) is 13.8 Å². The van der Waals surface area contributed by atoms with Gasteiger partial charge in [0.25, 0.3) is 0 Å². The molecule has 3 fully saturated rings. The smallest absolute Gasteiger partial charge is 0.321 e. The number of aldehydes is 1. The molecule has 140 valence electrons. The monoisotopic (exact) mass is 366 g/mol. The van der Waals surface area contributed by atoms with Crippen molar-refractivity contribution < 1.29 is 19.1 Å². The predicted molar refractivity (Wildman–Crippen MR) is 96.8 cm³/mol. The normalized spacial score (nSPS) is 49.6. The number of fused-ring (bicyclic) bond motifs is 5. The quantitative estimate of drug-likeness (QED) is 0.557. The van der Waals surface area contributed by atoms with Gasteiger partial charge in [0.2, 0.25) is 0 Å². The maximum Gasteiger partial charge on any atom is 0.352 e. The van der Waals surface area contributed by atoms with Crippen molar-refractivity contribution >= 4 is 13.9 Å². The SMILES string of the molecule is C[C@@]12CCC[C@H]1[C@@H]1CCC3C=C(P(=O)(O)O)C(C=O)C[C@]3(C)[C@@H]1CC2. The van der Waals surface area contributed by atoms with E-state index in [0.717, 1.165) is 24.5 Å². The van der Waals surface area contributed by atoms with Crippen molar-refractivity contribution in [3.63, 3.8) is 0 Å². The van der Waals surface area contributed by atoms with Gasteiger partial charge in [0.15, 0.2) is 0 Å². The first kappa shape index (κ1) is 17.9. The van der Waals surface area contributed by atoms with E-state index in [4.69, 9.17) is 0 Å². The number of hydrogen-bond acceptors (Lipinski definition) is 2. The first-order valence-corrected chi connectivity index (χ1v) is 11.5. The lowest BCUT2D eigenvalue weighted by Gasteiger charge is -2.59. The summed E-state index contributed by atoms with van der Waals surface area (Å²) in [6.07, 6.45) is 11.9. The minimum Gasteiger partial charge on any atom is -0.321 e. The third-order valence-corrected chi connectivity index (χ3v) is 9.79. The highest BCUT2D eigenvalue weighted by molar-refractivity contribution is 7.56. The molecule has 0 heterocycles. The Labute approximate surface area is 150 Å². The van der Waals surface area contributed by atoms with Gasteiger partial charge in [-0.1, -0.05) is 26.3 Å². The zero-order valence-corrected chi connectivity index (χ0v) is 16.3. The summed E-state index contributed by atoms with van der Waals surface area (Å²) in [5.41, 5.74) is 0.521. The van der Waals surface area contributed by atoms with Crippen LogP contribution in [-0.2, 0) is 9.36 Å². The summed E-state index contributed by atoms with van der Waals surface area (Å²) in [6.45, 7) is 4.78. The molecule has 4 rings (SSSR count). The fourth-order valence-corrected chi connectivity index (χ4v) is 8.35. The van der Waals surface area contributed by atoms with Gasteiger partial charge in [-0.15, -0.1) is 0 Å². The molecule has 2 N–H and O–H groups in total. The summed E-state index contributed by atoms with van der Waals surface area (Å²) in [5.74, 6) is 1.74. The number of carbonyl (C=O) groups excluding carboxylic acids is 1. The largest absolute Gasteiger partial charge is 0.352 e. The second kappa shape index (κ2) is 5.78. The molecule has 0 aromatic carbocycles. The zero-order chi connectivity index (χ0) is 18.0. The molecule has 4 nitrogen and oxygen atoms in total. The van der Waals surface area contributed by atoms with Crippen LogP contribution in [0.25, 0.3) is 0 Å². The first-order chi connectivity index (χ1) is 11.7. The fourth-order valence-electron chi connectivity index (χ4n) is 7.39. The van der Waals surface area contributed by atoms with Crippen LogP contribution in [0.4, 0.5) is 0 Å². The van der Waals surface area contributed by atoms with Crippen LogP contribution in [0.2, 0.25) is 0 Å². The first-order valence-electron chi connectivity index (χ1n) is 9.92. The van der Waals surface area contributed by atoms with Gasteiger partial charge >= 0.3 is 7.60 Å². The van der Waals surface area contributed by atoms with Gasteiger partial charge in [-0.3, -0.25) is 4.57 Å². The van der Waals surface area contributed by atoms with Crippen LogP contribution in [0.1, 0.15) is 65.2 Å². The van der Waals surface area contributed by atoms with Gasteiger partial charge in [-0.2, -0.15) is 0 Å². The number of allylic oxidation sites excluding steroid dienone is 2. The molecule has 2 unspecified atom stereocenters. The van der Waals surface area contributed by atoms with Crippen molar-refractivity contribution in [2.24, 2.45) is 40.4 Å². The molecule has 4 aliphatic rings. The highest BCUT2D eigenvalue weighted by atomic mass is 31.2. The Hall–Kier alpha value is -0.440. The molecular weight excluding hydrogens is 335 g/mol. The lowest BCUT2D eigenvalue weighted by molar-refractivity contribution is -0.116. The van der Waals surface area contributed by atoms with E-state index in [1.165, 1.54) is 38.5 Å². The average molecular weight is 366 g/mol. The minimum absolute atomic E-state index is 0.0110. The number of rotatable bonds is 2. The van der Waals surface area contributed by atoms with Gasteiger partial charge in [-0.05, 0) is 79.4 Å². The third-order valence-electron chi connectivity index (χ3n) is 8.64. The molecule has 7 atom stereocenters. The lowest BCUT2D eigenvalue weighted by atomic mass is 9.45. The summed E-state index contributed by atoms with van der Waals surface area (Å²) >= 11 is 0. The second-order valence-electron chi connectivity index (χ2n) is 9.73. The topological polar surface area (TPSA) is 74.6 Å². The van der Waals surface area contributed by atoms with E-state index in [0.29, 0.717) is 17.8 Å². The molecule has 0 aliphatic heterocycles. The van der Waals surface area contributed by atoms with Crippen molar-refractivity contribution in [3.8, 4) is 0 Å². The van der Waals surface area contributed by atoms with Gasteiger partial charge in [0, 0.05) is 11.2 Å². The van der Waals surface area contributed by atoms with E-state index in [1.807, 2.05) is 6.08 Å². The fraction of sp³-hybridized carbons (Fsp3) is 0.850. The Bertz CT molecular complexity index is 652. The summed E-state index contributed by atoms with van der Waals surface area (Å²) in [6, 6.07) is 0. The molecular formula is C20H31O4P. The molecule has 0 bridgehead atoms. The molecule has 0 spiro atoms. The van der Waals surface area contributed by atoms with Crippen LogP contribution in [0.5, 0.6) is 0 Å². The molecule has 4 aliphatic carbocycles. The maximum atomic E-state index is 11.9. The molecule has 0 radical (unpaired) electrons. The molecule has 0 aromatic heterocycles. The Morgan fingerprint density at radius 3 is 2.56 bits per heavy atom. The van der Waals surface area contributed by atoms with Crippen LogP contribution in [0, 0.1) is 40.4 Å². The Morgan fingerprint density at radius 1 is 1.12 bits per heavy atom. The molecule has 0 saturated heterocycles. The summed E-state index contributed by atoms with van der Waals surface area (Å²) in [7, 11) is -4.34. The molecule has 3 saturated carbocycles. The highest BCUT2D eigenvalue weighted by Gasteiger charge is 2.58. The molecule has 0 aromatic rings. The van der Waals surface area contributed by atoms with Crippen LogP contribution in [0.3, 0.4) is 0 Å². The summed E-state index contributed by atoms with van der Waals surface area (Å²) in [5, 5.41) is 0.0879. The van der Waals surface area contributed by atoms with E-state index in [-0.39, 0.29) is 16.6 Å². The summed E-state index contributed by atoms with van der Waals surface area (Å²) < 4.78 is 11.9. The van der Waals surface area contributed by atoms with E-state index >= 15 is 0 Å². The van der Waals surface area contributed by atoms with Crippen LogP contribution >= 0.6 is 7.60 Å². The lowest BCUT2D eigenvalue weighted by Crippen LogP contribution is -2.52. The van der Waals surface area contributed by atoms with Crippen LogP contribution in [-0.4, -0.2) is 16.1 Å². The van der Waals surface area contributed by atoms with Gasteiger partial charge in [0.05, 0.1) is 0 Å². The Kier molecular flexibility index (Phi) is 4.15. The van der Waals surface area contributed by atoms with Crippen LogP contribution in [0.15, 0.2) is 11.4 Å². The highest BCUT2D eigenvalue weighted by Crippen LogP contribution is 2.67. The van der Waals surface area contributed by atoms with E-state index < -0.39 is 13.5 Å². The second-order valence-corrected chi connectivity index (χ2v) is 11.3. The van der Waals surface area contributed by atoms with Gasteiger partial charge in [0.1, 0.15) is 6.29 Å². The predicted octanol–water partition coefficient (Wildman–Crippen LogP) is 4.52. The van der Waals surface area contributed by atoms with E-state index in [1.54, 1.807) is 0 Å². The zero-order valence-electron chi connectivity index (χ0n) is 15.4. The minimum atomic E-state index is -4.34. The summed E-state index contributed by atoms with van der Waals surface area (Å²) in [4.78, 5) is 31.0. The van der Waals surface area contributed by atoms with Gasteiger partial charge < -0.3 is 14.6 Å². The maximum absolute atomic E-state index is 11.9. The standard InChI is InChI=1S/C20H31O4P/c1-19-8-3-4-16(19)15-6-5-14-10-18(25(22,23)24)13(12-21)11-20(14,2)17(15)7-9-19/h10,12-17H,3-9,11H2,1-2H3,(H2,22,23,24)/t13?,14?,15-,16-,17+,19-,20-/m0/s1. The Morgan fingerprint density at radius 2 is 1.88 bits per heavy atom. The van der Waals surface area contributed by atoms with E-state index in [9.17, 15) is 19.1 Å². The third kappa shape index (κ3) is 2.63. The molecule has 0 amide bonds. The van der Waals surface area contributed by atoms with Crippen molar-refractivity contribution in [1.29, 1.82) is 0 Å². The van der Waals surface area contributed by atoms with Crippen LogP contribution < -0.4 is 0 Å². The van der Waals surface area contributed by atoms with Crippen molar-refractivity contribution in [2.75, 3.05) is 0 Å². The molecule has 25 heavy (non-hydrogen) atoms. The van der Waals surface area contributed by atoms with Crippen molar-refractivity contribution in [2.45, 2.75) is 65.2 Å². The molecule has 5 heteroatoms. The van der Waals surface area contributed by atoms with Crippen molar-refractivity contribution in [3.05, 3.63) is 11.4 Å².